The molecule has 0 saturated carbocycles. The van der Waals surface area contributed by atoms with Gasteiger partial charge in [0.15, 0.2) is 0 Å². The molecular formula is C17H15NO2. The van der Waals surface area contributed by atoms with Gasteiger partial charge in [0, 0.05) is 5.92 Å². The maximum absolute atomic E-state index is 11.1. The number of carboxylic acid groups (broad SMARTS) is 1. The van der Waals surface area contributed by atoms with E-state index in [2.05, 4.69) is 0 Å². The summed E-state index contributed by atoms with van der Waals surface area (Å²) in [5.74, 6) is -2.15. The smallest absolute Gasteiger partial charge is 0.320 e. The summed E-state index contributed by atoms with van der Waals surface area (Å²) < 4.78 is 0. The van der Waals surface area contributed by atoms with E-state index < -0.39 is 11.9 Å². The van der Waals surface area contributed by atoms with Gasteiger partial charge in [0.1, 0.15) is 5.92 Å². The SMILES string of the molecule is N#CC(CC(c1ccccc1)c1ccccc1)C(=O)O. The first-order valence-electron chi connectivity index (χ1n) is 6.44. The van der Waals surface area contributed by atoms with Crippen molar-refractivity contribution < 1.29 is 9.90 Å². The summed E-state index contributed by atoms with van der Waals surface area (Å²) in [4.78, 5) is 11.1. The maximum atomic E-state index is 11.1. The molecule has 0 amide bonds. The molecule has 0 bridgehead atoms. The zero-order valence-electron chi connectivity index (χ0n) is 10.9. The first-order chi connectivity index (χ1) is 9.72. The molecule has 1 N–H and O–H groups in total. The number of hydrogen-bond acceptors (Lipinski definition) is 2. The van der Waals surface area contributed by atoms with Crippen molar-refractivity contribution in [3.63, 3.8) is 0 Å². The summed E-state index contributed by atoms with van der Waals surface area (Å²) in [5.41, 5.74) is 2.06. The van der Waals surface area contributed by atoms with Crippen molar-refractivity contribution in [1.29, 1.82) is 5.26 Å². The minimum absolute atomic E-state index is 0.0850. The van der Waals surface area contributed by atoms with Crippen molar-refractivity contribution in [3.8, 4) is 6.07 Å². The molecule has 2 rings (SSSR count). The van der Waals surface area contributed by atoms with Crippen molar-refractivity contribution in [3.05, 3.63) is 71.8 Å². The van der Waals surface area contributed by atoms with Crippen LogP contribution in [0.3, 0.4) is 0 Å². The fourth-order valence-corrected chi connectivity index (χ4v) is 2.28. The molecule has 0 radical (unpaired) electrons. The largest absolute Gasteiger partial charge is 0.480 e. The summed E-state index contributed by atoms with van der Waals surface area (Å²) in [5, 5.41) is 18.1. The maximum Gasteiger partial charge on any atom is 0.320 e. The van der Waals surface area contributed by atoms with Gasteiger partial charge in [0.2, 0.25) is 0 Å². The Bertz CT molecular complexity index is 562. The second kappa shape index (κ2) is 6.53. The Morgan fingerprint density at radius 1 is 1.00 bits per heavy atom. The van der Waals surface area contributed by atoms with Crippen LogP contribution in [0.25, 0.3) is 0 Å². The molecule has 1 atom stereocenters. The van der Waals surface area contributed by atoms with Crippen molar-refractivity contribution in [2.24, 2.45) is 5.92 Å². The Morgan fingerprint density at radius 3 is 1.80 bits per heavy atom. The normalized spacial score (nSPS) is 11.8. The van der Waals surface area contributed by atoms with E-state index in [1.54, 1.807) is 0 Å². The van der Waals surface area contributed by atoms with E-state index >= 15 is 0 Å². The van der Waals surface area contributed by atoms with Gasteiger partial charge in [0.25, 0.3) is 0 Å². The average molecular weight is 265 g/mol. The van der Waals surface area contributed by atoms with Gasteiger partial charge in [-0.05, 0) is 17.5 Å². The zero-order chi connectivity index (χ0) is 14.4. The number of hydrogen-bond donors (Lipinski definition) is 1. The van der Waals surface area contributed by atoms with Gasteiger partial charge in [-0.3, -0.25) is 4.79 Å². The molecule has 0 aliphatic rings. The third-order valence-electron chi connectivity index (χ3n) is 3.33. The molecule has 0 heterocycles. The van der Waals surface area contributed by atoms with E-state index in [0.717, 1.165) is 11.1 Å². The lowest BCUT2D eigenvalue weighted by Crippen LogP contribution is -2.16. The number of carboxylic acids is 1. The van der Waals surface area contributed by atoms with Crippen LogP contribution >= 0.6 is 0 Å². The quantitative estimate of drug-likeness (QED) is 0.900. The van der Waals surface area contributed by atoms with Crippen LogP contribution in [0.2, 0.25) is 0 Å². The van der Waals surface area contributed by atoms with Crippen LogP contribution < -0.4 is 0 Å². The third-order valence-corrected chi connectivity index (χ3v) is 3.33. The molecule has 0 spiro atoms. The van der Waals surface area contributed by atoms with E-state index in [0.29, 0.717) is 0 Å². The minimum Gasteiger partial charge on any atom is -0.480 e. The van der Waals surface area contributed by atoms with Crippen molar-refractivity contribution in [2.45, 2.75) is 12.3 Å². The molecule has 2 aromatic rings. The molecule has 0 saturated heterocycles. The van der Waals surface area contributed by atoms with Crippen molar-refractivity contribution >= 4 is 5.97 Å². The predicted molar refractivity (Wildman–Crippen MR) is 76.1 cm³/mol. The van der Waals surface area contributed by atoms with Crippen molar-refractivity contribution in [1.82, 2.24) is 0 Å². The molecule has 20 heavy (non-hydrogen) atoms. The lowest BCUT2D eigenvalue weighted by molar-refractivity contribution is -0.140. The van der Waals surface area contributed by atoms with Gasteiger partial charge >= 0.3 is 5.97 Å². The summed E-state index contributed by atoms with van der Waals surface area (Å²) in [7, 11) is 0. The van der Waals surface area contributed by atoms with E-state index in [1.807, 2.05) is 66.7 Å². The predicted octanol–water partition coefficient (Wildman–Crippen LogP) is 3.43. The zero-order valence-corrected chi connectivity index (χ0v) is 10.9. The molecule has 3 nitrogen and oxygen atoms in total. The summed E-state index contributed by atoms with van der Waals surface area (Å²) in [6, 6.07) is 21.3. The molecule has 0 aliphatic heterocycles. The van der Waals surface area contributed by atoms with Crippen LogP contribution in [0.5, 0.6) is 0 Å². The monoisotopic (exact) mass is 265 g/mol. The molecule has 2 aromatic carbocycles. The number of aliphatic carboxylic acids is 1. The van der Waals surface area contributed by atoms with Crippen LogP contribution in [0.15, 0.2) is 60.7 Å². The highest BCUT2D eigenvalue weighted by Crippen LogP contribution is 2.30. The first kappa shape index (κ1) is 13.8. The summed E-state index contributed by atoms with van der Waals surface area (Å²) >= 11 is 0. The Morgan fingerprint density at radius 2 is 1.45 bits per heavy atom. The van der Waals surface area contributed by atoms with Gasteiger partial charge in [-0.15, -0.1) is 0 Å². The molecule has 3 heteroatoms. The van der Waals surface area contributed by atoms with Crippen LogP contribution in [0.1, 0.15) is 23.5 Å². The second-order valence-corrected chi connectivity index (χ2v) is 4.63. The topological polar surface area (TPSA) is 61.1 Å². The fraction of sp³-hybridized carbons (Fsp3) is 0.176. The number of rotatable bonds is 5. The number of nitriles is 1. The lowest BCUT2D eigenvalue weighted by Gasteiger charge is -2.19. The van der Waals surface area contributed by atoms with Crippen molar-refractivity contribution in [2.75, 3.05) is 0 Å². The standard InChI is InChI=1S/C17H15NO2/c18-12-15(17(19)20)11-16(13-7-3-1-4-8-13)14-9-5-2-6-10-14/h1-10,15-16H,11H2,(H,19,20). The Hall–Kier alpha value is -2.60. The Labute approximate surface area is 118 Å². The fourth-order valence-electron chi connectivity index (χ4n) is 2.28. The van der Waals surface area contributed by atoms with Gasteiger partial charge in [-0.2, -0.15) is 5.26 Å². The highest BCUT2D eigenvalue weighted by Gasteiger charge is 2.24. The first-order valence-corrected chi connectivity index (χ1v) is 6.44. The van der Waals surface area contributed by atoms with E-state index in [9.17, 15) is 4.79 Å². The number of nitrogens with zero attached hydrogens (tertiary/aromatic N) is 1. The molecule has 0 aliphatic carbocycles. The lowest BCUT2D eigenvalue weighted by atomic mass is 9.84. The molecule has 0 aromatic heterocycles. The van der Waals surface area contributed by atoms with Crippen LogP contribution in [0.4, 0.5) is 0 Å². The third kappa shape index (κ3) is 3.24. The van der Waals surface area contributed by atoms with Gasteiger partial charge in [-0.1, -0.05) is 60.7 Å². The summed E-state index contributed by atoms with van der Waals surface area (Å²) in [6.45, 7) is 0. The van der Waals surface area contributed by atoms with Crippen LogP contribution in [-0.4, -0.2) is 11.1 Å². The van der Waals surface area contributed by atoms with Crippen LogP contribution in [0, 0.1) is 17.2 Å². The molecule has 100 valence electrons. The number of benzene rings is 2. The summed E-state index contributed by atoms with van der Waals surface area (Å²) in [6.07, 6.45) is 0.278. The Balaban J connectivity index is 2.36. The molecular weight excluding hydrogens is 250 g/mol. The molecule has 1 unspecified atom stereocenters. The molecule has 0 fully saturated rings. The van der Waals surface area contributed by atoms with E-state index in [1.165, 1.54) is 0 Å². The van der Waals surface area contributed by atoms with Gasteiger partial charge in [-0.25, -0.2) is 0 Å². The second-order valence-electron chi connectivity index (χ2n) is 4.63. The minimum atomic E-state index is -1.07. The van der Waals surface area contributed by atoms with E-state index in [-0.39, 0.29) is 12.3 Å². The average Bonchev–Trinajstić information content (AvgIpc) is 2.50. The van der Waals surface area contributed by atoms with Gasteiger partial charge < -0.3 is 5.11 Å². The van der Waals surface area contributed by atoms with Gasteiger partial charge in [0.05, 0.1) is 6.07 Å². The Kier molecular flexibility index (Phi) is 4.52. The highest BCUT2D eigenvalue weighted by molar-refractivity contribution is 5.73. The van der Waals surface area contributed by atoms with Crippen LogP contribution in [-0.2, 0) is 4.79 Å². The van der Waals surface area contributed by atoms with E-state index in [4.69, 9.17) is 10.4 Å². The number of carbonyl (C=O) groups is 1. The highest BCUT2D eigenvalue weighted by atomic mass is 16.4.